The molecule has 1 fully saturated rings. The van der Waals surface area contributed by atoms with E-state index < -0.39 is 0 Å². The van der Waals surface area contributed by atoms with Gasteiger partial charge in [-0.15, -0.1) is 0 Å². The van der Waals surface area contributed by atoms with Crippen LogP contribution in [0.5, 0.6) is 0 Å². The molecule has 5 N–H and O–H groups in total. The summed E-state index contributed by atoms with van der Waals surface area (Å²) < 4.78 is 0. The smallest absolute Gasteiger partial charge is 0.251 e. The summed E-state index contributed by atoms with van der Waals surface area (Å²) in [5, 5.41) is 9.46. The number of carbonyl (C=O) groups is 1. The van der Waals surface area contributed by atoms with Crippen LogP contribution in [-0.4, -0.2) is 53.0 Å². The van der Waals surface area contributed by atoms with Gasteiger partial charge in [0.25, 0.3) is 5.91 Å². The average Bonchev–Trinajstić information content (AvgIpc) is 2.66. The predicted octanol–water partition coefficient (Wildman–Crippen LogP) is 2.45. The number of likely N-dealkylation sites (tertiary alicyclic amines) is 1. The average molecular weight is 384 g/mol. The maximum Gasteiger partial charge on any atom is 0.251 e. The van der Waals surface area contributed by atoms with E-state index in [-0.39, 0.29) is 18.0 Å². The SMILES string of the molecule is CC(C)Nc1nc(Nc2ccc(C(=O)NC3CCN(C)CC3)cc2)ncc1N. The first-order chi connectivity index (χ1) is 13.4. The third-order valence-electron chi connectivity index (χ3n) is 4.70. The van der Waals surface area contributed by atoms with Crippen molar-refractivity contribution in [2.45, 2.75) is 38.8 Å². The van der Waals surface area contributed by atoms with Crippen LogP contribution in [0.25, 0.3) is 0 Å². The molecule has 1 aromatic carbocycles. The quantitative estimate of drug-likeness (QED) is 0.607. The van der Waals surface area contributed by atoms with E-state index in [0.717, 1.165) is 31.6 Å². The third-order valence-corrected chi connectivity index (χ3v) is 4.70. The number of nitrogens with one attached hydrogen (secondary N) is 3. The Kier molecular flexibility index (Phi) is 6.30. The maximum atomic E-state index is 12.5. The van der Waals surface area contributed by atoms with Crippen molar-refractivity contribution in [3.63, 3.8) is 0 Å². The number of nitrogens with two attached hydrogens (primary N) is 1. The fraction of sp³-hybridized carbons (Fsp3) is 0.450. The van der Waals surface area contributed by atoms with Crippen molar-refractivity contribution in [2.24, 2.45) is 0 Å². The lowest BCUT2D eigenvalue weighted by Gasteiger charge is -2.29. The number of rotatable bonds is 6. The summed E-state index contributed by atoms with van der Waals surface area (Å²) in [5.41, 5.74) is 7.85. The Morgan fingerprint density at radius 1 is 1.21 bits per heavy atom. The third kappa shape index (κ3) is 5.32. The molecule has 0 radical (unpaired) electrons. The Hall–Kier alpha value is -2.87. The molecular formula is C20H29N7O. The lowest BCUT2D eigenvalue weighted by molar-refractivity contribution is 0.0917. The highest BCUT2D eigenvalue weighted by atomic mass is 16.1. The zero-order valence-electron chi connectivity index (χ0n) is 16.7. The Bertz CT molecular complexity index is 799. The number of nitrogens with zero attached hydrogens (tertiary/aromatic N) is 3. The highest BCUT2D eigenvalue weighted by molar-refractivity contribution is 5.94. The Balaban J connectivity index is 1.60. The van der Waals surface area contributed by atoms with Crippen LogP contribution < -0.4 is 21.7 Å². The number of piperidine rings is 1. The van der Waals surface area contributed by atoms with Crippen molar-refractivity contribution < 1.29 is 4.79 Å². The number of hydrogen-bond acceptors (Lipinski definition) is 7. The first-order valence-electron chi connectivity index (χ1n) is 9.66. The molecule has 0 bridgehead atoms. The van der Waals surface area contributed by atoms with Crippen molar-refractivity contribution in [3.05, 3.63) is 36.0 Å². The monoisotopic (exact) mass is 383 g/mol. The number of amides is 1. The minimum Gasteiger partial charge on any atom is -0.394 e. The molecule has 8 heteroatoms. The topological polar surface area (TPSA) is 108 Å². The molecule has 1 saturated heterocycles. The van der Waals surface area contributed by atoms with E-state index in [0.29, 0.717) is 23.0 Å². The van der Waals surface area contributed by atoms with E-state index in [4.69, 9.17) is 5.73 Å². The number of benzene rings is 1. The van der Waals surface area contributed by atoms with Gasteiger partial charge < -0.3 is 26.6 Å². The van der Waals surface area contributed by atoms with Crippen LogP contribution >= 0.6 is 0 Å². The molecule has 3 rings (SSSR count). The van der Waals surface area contributed by atoms with E-state index in [2.05, 4.69) is 37.9 Å². The van der Waals surface area contributed by atoms with Crippen molar-refractivity contribution in [1.82, 2.24) is 20.2 Å². The highest BCUT2D eigenvalue weighted by Crippen LogP contribution is 2.20. The van der Waals surface area contributed by atoms with Gasteiger partial charge in [0.05, 0.1) is 11.9 Å². The molecule has 1 aliphatic heterocycles. The highest BCUT2D eigenvalue weighted by Gasteiger charge is 2.19. The van der Waals surface area contributed by atoms with E-state index in [1.54, 1.807) is 18.3 Å². The van der Waals surface area contributed by atoms with Crippen molar-refractivity contribution in [3.8, 4) is 0 Å². The van der Waals surface area contributed by atoms with Crippen LogP contribution in [0.4, 0.5) is 23.1 Å². The molecule has 150 valence electrons. The molecule has 2 heterocycles. The second kappa shape index (κ2) is 8.88. The van der Waals surface area contributed by atoms with E-state index in [1.807, 2.05) is 26.0 Å². The Morgan fingerprint density at radius 2 is 1.89 bits per heavy atom. The van der Waals surface area contributed by atoms with E-state index in [1.165, 1.54) is 0 Å². The minimum absolute atomic E-state index is 0.0340. The van der Waals surface area contributed by atoms with Gasteiger partial charge in [-0.2, -0.15) is 4.98 Å². The Labute approximate surface area is 165 Å². The molecule has 1 aromatic heterocycles. The van der Waals surface area contributed by atoms with Crippen molar-refractivity contribution in [1.29, 1.82) is 0 Å². The molecule has 0 unspecified atom stereocenters. The van der Waals surface area contributed by atoms with Gasteiger partial charge in [0, 0.05) is 23.3 Å². The van der Waals surface area contributed by atoms with Crippen LogP contribution in [0.3, 0.4) is 0 Å². The van der Waals surface area contributed by atoms with Gasteiger partial charge in [-0.25, -0.2) is 4.98 Å². The lowest BCUT2D eigenvalue weighted by Crippen LogP contribution is -2.43. The number of anilines is 4. The largest absolute Gasteiger partial charge is 0.394 e. The first-order valence-corrected chi connectivity index (χ1v) is 9.66. The summed E-state index contributed by atoms with van der Waals surface area (Å²) in [6, 6.07) is 7.76. The first kappa shape index (κ1) is 19.9. The zero-order chi connectivity index (χ0) is 20.1. The minimum atomic E-state index is -0.0340. The summed E-state index contributed by atoms with van der Waals surface area (Å²) in [7, 11) is 2.11. The van der Waals surface area contributed by atoms with Crippen molar-refractivity contribution >= 4 is 29.0 Å². The lowest BCUT2D eigenvalue weighted by atomic mass is 10.0. The van der Waals surface area contributed by atoms with Crippen LogP contribution in [0.2, 0.25) is 0 Å². The molecule has 0 atom stereocenters. The van der Waals surface area contributed by atoms with Crippen molar-refractivity contribution in [2.75, 3.05) is 36.5 Å². The van der Waals surface area contributed by atoms with Gasteiger partial charge in [0.15, 0.2) is 5.82 Å². The molecular weight excluding hydrogens is 354 g/mol. The van der Waals surface area contributed by atoms with Crippen LogP contribution in [-0.2, 0) is 0 Å². The number of aromatic nitrogens is 2. The summed E-state index contributed by atoms with van der Waals surface area (Å²) in [6.45, 7) is 6.07. The van der Waals surface area contributed by atoms with Gasteiger partial charge in [-0.1, -0.05) is 0 Å². The summed E-state index contributed by atoms with van der Waals surface area (Å²) >= 11 is 0. The molecule has 1 amide bonds. The molecule has 28 heavy (non-hydrogen) atoms. The number of hydrogen-bond donors (Lipinski definition) is 4. The second-order valence-corrected chi connectivity index (χ2v) is 7.55. The normalized spacial score (nSPS) is 15.4. The summed E-state index contributed by atoms with van der Waals surface area (Å²) in [5.74, 6) is 1.01. The van der Waals surface area contributed by atoms with Gasteiger partial charge in [0.1, 0.15) is 0 Å². The predicted molar refractivity (Wildman–Crippen MR) is 113 cm³/mol. The molecule has 0 saturated carbocycles. The fourth-order valence-corrected chi connectivity index (χ4v) is 3.10. The Morgan fingerprint density at radius 3 is 2.54 bits per heavy atom. The van der Waals surface area contributed by atoms with E-state index in [9.17, 15) is 4.79 Å². The van der Waals surface area contributed by atoms with Gasteiger partial charge >= 0.3 is 0 Å². The number of carbonyl (C=O) groups excluding carboxylic acids is 1. The molecule has 2 aromatic rings. The molecule has 0 spiro atoms. The maximum absolute atomic E-state index is 12.5. The van der Waals surface area contributed by atoms with Crippen LogP contribution in [0.15, 0.2) is 30.5 Å². The summed E-state index contributed by atoms with van der Waals surface area (Å²) in [6.07, 6.45) is 3.55. The summed E-state index contributed by atoms with van der Waals surface area (Å²) in [4.78, 5) is 23.4. The second-order valence-electron chi connectivity index (χ2n) is 7.55. The standard InChI is InChI=1S/C20H29N7O/c1-13(2)23-18-17(21)12-22-20(26-18)25-15-6-4-14(5-7-15)19(28)24-16-8-10-27(3)11-9-16/h4-7,12-13,16H,8-11,21H2,1-3H3,(H,24,28)(H2,22,23,25,26). The fourth-order valence-electron chi connectivity index (χ4n) is 3.10. The molecule has 1 aliphatic rings. The van der Waals surface area contributed by atoms with Gasteiger partial charge in [-0.3, -0.25) is 4.79 Å². The van der Waals surface area contributed by atoms with Crippen LogP contribution in [0, 0.1) is 0 Å². The van der Waals surface area contributed by atoms with E-state index >= 15 is 0 Å². The zero-order valence-corrected chi connectivity index (χ0v) is 16.7. The van der Waals surface area contributed by atoms with Crippen LogP contribution in [0.1, 0.15) is 37.0 Å². The molecule has 0 aliphatic carbocycles. The van der Waals surface area contributed by atoms with Gasteiger partial charge in [-0.05, 0) is 71.1 Å². The number of nitrogen functional groups attached to an aromatic ring is 1. The van der Waals surface area contributed by atoms with Gasteiger partial charge in [0.2, 0.25) is 5.95 Å². The molecule has 8 nitrogen and oxygen atoms in total.